The number of aromatic nitrogens is 6. The summed E-state index contributed by atoms with van der Waals surface area (Å²) in [6, 6.07) is 10.5. The van der Waals surface area contributed by atoms with Crippen molar-refractivity contribution in [1.29, 1.82) is 0 Å². The van der Waals surface area contributed by atoms with Crippen LogP contribution in [0.5, 0.6) is 0 Å². The Morgan fingerprint density at radius 1 is 0.882 bits per heavy atom. The molecule has 0 saturated carbocycles. The van der Waals surface area contributed by atoms with Crippen LogP contribution in [0.3, 0.4) is 0 Å². The summed E-state index contributed by atoms with van der Waals surface area (Å²) in [6.45, 7) is 22.7. The van der Waals surface area contributed by atoms with E-state index in [1.54, 1.807) is 0 Å². The molecule has 1 aliphatic heterocycles. The highest BCUT2D eigenvalue weighted by molar-refractivity contribution is 5.88. The Balaban J connectivity index is 1.44. The fraction of sp³-hybridized carbons (Fsp3) is 0.375. The predicted molar refractivity (Wildman–Crippen MR) is 213 cm³/mol. The van der Waals surface area contributed by atoms with Crippen LogP contribution in [0.1, 0.15) is 66.8 Å². The number of nitrogens with zero attached hydrogens (tertiary/aromatic N) is 6. The summed E-state index contributed by atoms with van der Waals surface area (Å²) >= 11 is 0. The van der Waals surface area contributed by atoms with Crippen molar-refractivity contribution >= 4 is 51.1 Å². The lowest BCUT2D eigenvalue weighted by molar-refractivity contribution is 0.461. The van der Waals surface area contributed by atoms with Gasteiger partial charge in [-0.2, -0.15) is 5.10 Å². The van der Waals surface area contributed by atoms with Crippen LogP contribution < -0.4 is 27.4 Å². The standard InChI is InChI=1S/C40H53N11/c1-8-51-36(19-26(3)48-51)29(6)45-40-47-35-23-32(27(4)41)20-30-14-10-9-13-25(2)24-44-16-15-31-21-33(28(5)42)22-34-38(31)49(39(43-7)46-34)17-11-12-18-50(40)37(30)35/h11-12,19-23,25,44H,4-6,8-10,13-18,24,41-42H2,1-3,7H3,(H,43,46)(H,45,47)/b12-11+. The molecule has 5 aromatic rings. The van der Waals surface area contributed by atoms with E-state index in [-0.39, 0.29) is 0 Å². The molecule has 0 amide bonds. The summed E-state index contributed by atoms with van der Waals surface area (Å²) in [4.78, 5) is 10.1. The molecule has 11 heteroatoms. The van der Waals surface area contributed by atoms with Gasteiger partial charge in [-0.05, 0) is 111 Å². The molecular formula is C40H53N11. The van der Waals surface area contributed by atoms with Crippen LogP contribution in [0.25, 0.3) is 39.2 Å². The zero-order chi connectivity index (χ0) is 36.2. The monoisotopic (exact) mass is 687 g/mol. The molecule has 6 rings (SSSR count). The van der Waals surface area contributed by atoms with Gasteiger partial charge in [0.2, 0.25) is 11.9 Å². The van der Waals surface area contributed by atoms with Crippen molar-refractivity contribution in [1.82, 2.24) is 34.2 Å². The van der Waals surface area contributed by atoms with Crippen molar-refractivity contribution in [2.75, 3.05) is 30.8 Å². The van der Waals surface area contributed by atoms with Crippen molar-refractivity contribution in [2.24, 2.45) is 17.4 Å². The quantitative estimate of drug-likeness (QED) is 0.120. The van der Waals surface area contributed by atoms with Crippen LogP contribution in [0.2, 0.25) is 0 Å². The number of rotatable bonds is 7. The lowest BCUT2D eigenvalue weighted by Crippen LogP contribution is -2.23. The first-order valence-corrected chi connectivity index (χ1v) is 18.1. The van der Waals surface area contributed by atoms with Crippen molar-refractivity contribution in [2.45, 2.75) is 72.5 Å². The predicted octanol–water partition coefficient (Wildman–Crippen LogP) is 6.65. The number of hydrogen-bond acceptors (Lipinski definition) is 8. The minimum absolute atomic E-state index is 0.536. The molecule has 1 aliphatic rings. The summed E-state index contributed by atoms with van der Waals surface area (Å²) < 4.78 is 6.46. The van der Waals surface area contributed by atoms with Gasteiger partial charge in [-0.25, -0.2) is 9.97 Å². The average Bonchev–Trinajstić information content (AvgIpc) is 3.78. The smallest absolute Gasteiger partial charge is 0.208 e. The molecule has 268 valence electrons. The fourth-order valence-corrected chi connectivity index (χ4v) is 7.17. The molecule has 11 nitrogen and oxygen atoms in total. The number of benzene rings is 2. The molecule has 0 fully saturated rings. The third kappa shape index (κ3) is 7.58. The van der Waals surface area contributed by atoms with E-state index in [1.165, 1.54) is 11.1 Å². The van der Waals surface area contributed by atoms with Crippen LogP contribution in [-0.2, 0) is 32.5 Å². The Morgan fingerprint density at radius 3 is 2.10 bits per heavy atom. The number of allylic oxidation sites excluding steroid dienone is 2. The number of aryl methyl sites for hydroxylation is 3. The number of anilines is 2. The van der Waals surface area contributed by atoms with Gasteiger partial charge in [0.25, 0.3) is 0 Å². The maximum absolute atomic E-state index is 6.28. The van der Waals surface area contributed by atoms with Crippen molar-refractivity contribution in [3.05, 3.63) is 95.9 Å². The van der Waals surface area contributed by atoms with Gasteiger partial charge >= 0.3 is 0 Å². The van der Waals surface area contributed by atoms with Crippen molar-refractivity contribution < 1.29 is 0 Å². The molecular weight excluding hydrogens is 635 g/mol. The van der Waals surface area contributed by atoms with Gasteiger partial charge in [-0.1, -0.05) is 45.2 Å². The van der Waals surface area contributed by atoms with Gasteiger partial charge in [-0.3, -0.25) is 4.68 Å². The van der Waals surface area contributed by atoms with Gasteiger partial charge in [0.1, 0.15) is 0 Å². The van der Waals surface area contributed by atoms with E-state index >= 15 is 0 Å². The maximum Gasteiger partial charge on any atom is 0.208 e. The number of hydrogen-bond donors (Lipinski definition) is 5. The molecule has 7 N–H and O–H groups in total. The summed E-state index contributed by atoms with van der Waals surface area (Å²) in [5, 5.41) is 15.2. The summed E-state index contributed by atoms with van der Waals surface area (Å²) in [5.41, 5.74) is 24.4. The van der Waals surface area contributed by atoms with Gasteiger partial charge < -0.3 is 36.6 Å². The summed E-state index contributed by atoms with van der Waals surface area (Å²) in [7, 11) is 1.91. The van der Waals surface area contributed by atoms with Gasteiger partial charge in [0, 0.05) is 38.1 Å². The molecule has 0 spiro atoms. The van der Waals surface area contributed by atoms with E-state index in [4.69, 9.17) is 21.4 Å². The Morgan fingerprint density at radius 2 is 1.49 bits per heavy atom. The average molecular weight is 688 g/mol. The minimum Gasteiger partial charge on any atom is -0.399 e. The second-order valence-electron chi connectivity index (χ2n) is 13.8. The first-order valence-electron chi connectivity index (χ1n) is 18.1. The Bertz CT molecular complexity index is 2120. The molecule has 0 bridgehead atoms. The lowest BCUT2D eigenvalue weighted by Gasteiger charge is -2.15. The van der Waals surface area contributed by atoms with Crippen LogP contribution in [0.4, 0.5) is 11.9 Å². The highest BCUT2D eigenvalue weighted by Crippen LogP contribution is 2.31. The van der Waals surface area contributed by atoms with E-state index in [9.17, 15) is 0 Å². The van der Waals surface area contributed by atoms with Crippen LogP contribution in [0, 0.1) is 12.8 Å². The molecule has 2 aromatic carbocycles. The summed E-state index contributed by atoms with van der Waals surface area (Å²) in [6.07, 6.45) is 9.51. The largest absolute Gasteiger partial charge is 0.399 e. The molecule has 3 aromatic heterocycles. The zero-order valence-corrected chi connectivity index (χ0v) is 30.6. The van der Waals surface area contributed by atoms with E-state index < -0.39 is 0 Å². The molecule has 1 unspecified atom stereocenters. The third-order valence-electron chi connectivity index (χ3n) is 9.78. The second-order valence-corrected chi connectivity index (χ2v) is 13.8. The third-order valence-corrected chi connectivity index (χ3v) is 9.78. The number of imidazole rings is 2. The maximum atomic E-state index is 6.28. The molecule has 1 atom stereocenters. The van der Waals surface area contributed by atoms with E-state index in [0.717, 1.165) is 108 Å². The molecule has 0 aliphatic carbocycles. The first kappa shape index (κ1) is 35.5. The molecule has 0 saturated heterocycles. The van der Waals surface area contributed by atoms with Crippen LogP contribution >= 0.6 is 0 Å². The van der Waals surface area contributed by atoms with Gasteiger partial charge in [-0.15, -0.1) is 0 Å². The zero-order valence-electron chi connectivity index (χ0n) is 30.6. The van der Waals surface area contributed by atoms with Crippen LogP contribution in [0.15, 0.2) is 62.2 Å². The number of nitrogens with two attached hydrogens (primary N) is 2. The van der Waals surface area contributed by atoms with Crippen molar-refractivity contribution in [3.8, 4) is 0 Å². The second kappa shape index (κ2) is 15.3. The SMILES string of the molecule is C=C(N)c1cc2c3c(c1)nc(NC)n3C/C=C/Cn1c(NC(=C)c3cc(C)nn3CC)nc3cc(C(=C)N)cc(c31)CCCCC(C)CNCC2. The van der Waals surface area contributed by atoms with Crippen molar-refractivity contribution in [3.63, 3.8) is 0 Å². The van der Waals surface area contributed by atoms with E-state index in [1.807, 2.05) is 30.8 Å². The van der Waals surface area contributed by atoms with E-state index in [2.05, 4.69) is 94.1 Å². The Hall–Kier alpha value is -5.29. The summed E-state index contributed by atoms with van der Waals surface area (Å²) in [5.74, 6) is 2.07. The lowest BCUT2D eigenvalue weighted by atomic mass is 9.98. The highest BCUT2D eigenvalue weighted by Gasteiger charge is 2.19. The van der Waals surface area contributed by atoms with E-state index in [0.29, 0.717) is 36.3 Å². The highest BCUT2D eigenvalue weighted by atomic mass is 15.3. The van der Waals surface area contributed by atoms with Gasteiger partial charge in [0.05, 0.1) is 39.2 Å². The minimum atomic E-state index is 0.536. The molecule has 0 radical (unpaired) electrons. The molecule has 51 heavy (non-hydrogen) atoms. The number of nitrogens with one attached hydrogen (secondary N) is 3. The Labute approximate surface area is 301 Å². The Kier molecular flexibility index (Phi) is 10.7. The van der Waals surface area contributed by atoms with Gasteiger partial charge in [0.15, 0.2) is 0 Å². The first-order chi connectivity index (χ1) is 24.6. The normalized spacial score (nSPS) is 16.7. The van der Waals surface area contributed by atoms with Crippen LogP contribution in [-0.4, -0.2) is 49.0 Å². The molecule has 4 heterocycles. The topological polar surface area (TPSA) is 142 Å². The fourth-order valence-electron chi connectivity index (χ4n) is 7.17.